The molecule has 0 heterocycles. The lowest BCUT2D eigenvalue weighted by Gasteiger charge is -2.08. The van der Waals surface area contributed by atoms with E-state index in [1.165, 1.54) is 31.4 Å². The molecule has 3 aromatic rings. The monoisotopic (exact) mass is 370 g/mol. The summed E-state index contributed by atoms with van der Waals surface area (Å²) in [5.74, 6) is 0. The molecule has 0 radical (unpaired) electrons. The third-order valence-corrected chi connectivity index (χ3v) is 4.34. The molecule has 20 heavy (non-hydrogen) atoms. The Kier molecular flexibility index (Phi) is 3.88. The van der Waals surface area contributed by atoms with Crippen LogP contribution in [0.4, 0.5) is 0 Å². The molecule has 1 heteroatoms. The quantitative estimate of drug-likeness (QED) is 0.490. The first-order chi connectivity index (χ1) is 9.74. The van der Waals surface area contributed by atoms with Gasteiger partial charge in [0.25, 0.3) is 0 Å². The molecule has 0 fully saturated rings. The van der Waals surface area contributed by atoms with Crippen molar-refractivity contribution in [3.63, 3.8) is 0 Å². The first-order valence-electron chi connectivity index (χ1n) is 6.66. The van der Waals surface area contributed by atoms with Crippen molar-refractivity contribution >= 4 is 22.6 Å². The molecule has 0 saturated carbocycles. The molecule has 0 nitrogen and oxygen atoms in total. The van der Waals surface area contributed by atoms with Crippen LogP contribution in [0.1, 0.15) is 5.56 Å². The van der Waals surface area contributed by atoms with Crippen molar-refractivity contribution in [2.24, 2.45) is 0 Å². The highest BCUT2D eigenvalue weighted by molar-refractivity contribution is 14.1. The minimum absolute atomic E-state index is 1.27. The maximum atomic E-state index is 2.40. The number of rotatable bonds is 2. The van der Waals surface area contributed by atoms with Crippen LogP contribution in [-0.4, -0.2) is 0 Å². The lowest BCUT2D eigenvalue weighted by Crippen LogP contribution is -1.84. The first-order valence-corrected chi connectivity index (χ1v) is 7.74. The highest BCUT2D eigenvalue weighted by atomic mass is 127. The molecule has 0 saturated heterocycles. The van der Waals surface area contributed by atoms with Gasteiger partial charge in [-0.1, -0.05) is 66.2 Å². The van der Waals surface area contributed by atoms with E-state index in [-0.39, 0.29) is 0 Å². The second-order valence-electron chi connectivity index (χ2n) is 4.93. The fourth-order valence-electron chi connectivity index (χ4n) is 2.39. The number of benzene rings is 3. The van der Waals surface area contributed by atoms with Gasteiger partial charge in [-0.05, 0) is 63.9 Å². The Morgan fingerprint density at radius 2 is 1.30 bits per heavy atom. The van der Waals surface area contributed by atoms with E-state index in [1.54, 1.807) is 0 Å². The molecule has 0 N–H and O–H groups in total. The largest absolute Gasteiger partial charge is 0.0616 e. The minimum Gasteiger partial charge on any atom is -0.0616 e. The molecular weight excluding hydrogens is 355 g/mol. The smallest absolute Gasteiger partial charge is 0.0208 e. The van der Waals surface area contributed by atoms with Gasteiger partial charge in [-0.2, -0.15) is 0 Å². The Bertz CT molecular complexity index is 744. The van der Waals surface area contributed by atoms with Gasteiger partial charge in [-0.15, -0.1) is 0 Å². The van der Waals surface area contributed by atoms with Crippen LogP contribution < -0.4 is 0 Å². The van der Waals surface area contributed by atoms with E-state index in [2.05, 4.69) is 102 Å². The van der Waals surface area contributed by atoms with Gasteiger partial charge in [0.2, 0.25) is 0 Å². The second-order valence-corrected chi connectivity index (χ2v) is 6.09. The summed E-state index contributed by atoms with van der Waals surface area (Å²) in [6, 6.07) is 25.9. The molecule has 0 aliphatic heterocycles. The average molecular weight is 370 g/mol. The van der Waals surface area contributed by atoms with Crippen LogP contribution in [0, 0.1) is 10.5 Å². The van der Waals surface area contributed by atoms with Crippen LogP contribution in [0.3, 0.4) is 0 Å². The van der Waals surface area contributed by atoms with E-state index in [9.17, 15) is 0 Å². The second kappa shape index (κ2) is 5.80. The van der Waals surface area contributed by atoms with Crippen molar-refractivity contribution in [1.82, 2.24) is 0 Å². The molecule has 0 spiro atoms. The maximum Gasteiger partial charge on any atom is 0.0208 e. The Labute approximate surface area is 133 Å². The Morgan fingerprint density at radius 3 is 2.05 bits per heavy atom. The summed E-state index contributed by atoms with van der Waals surface area (Å²) in [5, 5.41) is 0. The zero-order valence-corrected chi connectivity index (χ0v) is 13.5. The Balaban J connectivity index is 2.09. The number of aryl methyl sites for hydroxylation is 1. The highest BCUT2D eigenvalue weighted by Gasteiger charge is 2.04. The van der Waals surface area contributed by atoms with Gasteiger partial charge < -0.3 is 0 Å². The van der Waals surface area contributed by atoms with Crippen molar-refractivity contribution in [3.05, 3.63) is 81.9 Å². The van der Waals surface area contributed by atoms with Crippen LogP contribution in [0.25, 0.3) is 22.3 Å². The van der Waals surface area contributed by atoms with E-state index in [0.29, 0.717) is 0 Å². The molecule has 0 amide bonds. The summed E-state index contributed by atoms with van der Waals surface area (Å²) in [4.78, 5) is 0. The van der Waals surface area contributed by atoms with Gasteiger partial charge >= 0.3 is 0 Å². The molecule has 0 unspecified atom stereocenters. The fourth-order valence-corrected chi connectivity index (χ4v) is 3.09. The van der Waals surface area contributed by atoms with Crippen LogP contribution in [0.2, 0.25) is 0 Å². The van der Waals surface area contributed by atoms with Crippen LogP contribution in [0.5, 0.6) is 0 Å². The van der Waals surface area contributed by atoms with Crippen molar-refractivity contribution in [2.45, 2.75) is 6.92 Å². The third-order valence-electron chi connectivity index (χ3n) is 3.40. The van der Waals surface area contributed by atoms with Crippen molar-refractivity contribution in [1.29, 1.82) is 0 Å². The topological polar surface area (TPSA) is 0 Å². The van der Waals surface area contributed by atoms with E-state index in [1.807, 2.05) is 0 Å². The fraction of sp³-hybridized carbons (Fsp3) is 0.0526. The first kappa shape index (κ1) is 13.4. The number of hydrogen-bond acceptors (Lipinski definition) is 0. The number of hydrogen-bond donors (Lipinski definition) is 0. The molecule has 3 aromatic carbocycles. The Hall–Kier alpha value is -1.61. The predicted molar refractivity (Wildman–Crippen MR) is 94.8 cm³/mol. The standard InChI is InChI=1S/C19H15I/c1-14-6-4-7-15(12-14)16-8-5-9-17(13-16)18-10-2-3-11-19(18)20/h2-13H,1H3. The summed E-state index contributed by atoms with van der Waals surface area (Å²) < 4.78 is 1.28. The predicted octanol–water partition coefficient (Wildman–Crippen LogP) is 5.93. The van der Waals surface area contributed by atoms with E-state index in [0.717, 1.165) is 0 Å². The van der Waals surface area contributed by atoms with Crippen LogP contribution in [-0.2, 0) is 0 Å². The third kappa shape index (κ3) is 2.78. The number of halogens is 1. The maximum absolute atomic E-state index is 2.40. The zero-order chi connectivity index (χ0) is 13.9. The molecule has 0 atom stereocenters. The lowest BCUT2D eigenvalue weighted by atomic mass is 9.98. The van der Waals surface area contributed by atoms with E-state index >= 15 is 0 Å². The molecule has 0 aliphatic rings. The summed E-state index contributed by atoms with van der Waals surface area (Å²) >= 11 is 2.40. The van der Waals surface area contributed by atoms with Crippen molar-refractivity contribution in [3.8, 4) is 22.3 Å². The summed E-state index contributed by atoms with van der Waals surface area (Å²) in [6.45, 7) is 2.13. The van der Waals surface area contributed by atoms with Gasteiger partial charge in [-0.25, -0.2) is 0 Å². The molecule has 98 valence electrons. The van der Waals surface area contributed by atoms with Crippen molar-refractivity contribution < 1.29 is 0 Å². The molecule has 3 rings (SSSR count). The van der Waals surface area contributed by atoms with Gasteiger partial charge in [0, 0.05) is 3.57 Å². The zero-order valence-electron chi connectivity index (χ0n) is 11.3. The van der Waals surface area contributed by atoms with Gasteiger partial charge in [0.1, 0.15) is 0 Å². The van der Waals surface area contributed by atoms with Crippen LogP contribution >= 0.6 is 22.6 Å². The van der Waals surface area contributed by atoms with Crippen LogP contribution in [0.15, 0.2) is 72.8 Å². The minimum atomic E-state index is 1.27. The van der Waals surface area contributed by atoms with Gasteiger partial charge in [0.05, 0.1) is 0 Å². The van der Waals surface area contributed by atoms with Crippen molar-refractivity contribution in [2.75, 3.05) is 0 Å². The highest BCUT2D eigenvalue weighted by Crippen LogP contribution is 2.29. The lowest BCUT2D eigenvalue weighted by molar-refractivity contribution is 1.46. The Morgan fingerprint density at radius 1 is 0.650 bits per heavy atom. The van der Waals surface area contributed by atoms with Gasteiger partial charge in [-0.3, -0.25) is 0 Å². The SMILES string of the molecule is Cc1cccc(-c2cccc(-c3ccccc3I)c2)c1. The van der Waals surface area contributed by atoms with E-state index < -0.39 is 0 Å². The van der Waals surface area contributed by atoms with E-state index in [4.69, 9.17) is 0 Å². The molecular formula is C19H15I. The molecule has 0 aliphatic carbocycles. The summed E-state index contributed by atoms with van der Waals surface area (Å²) in [7, 11) is 0. The average Bonchev–Trinajstić information content (AvgIpc) is 2.48. The molecule has 0 bridgehead atoms. The molecule has 0 aromatic heterocycles. The van der Waals surface area contributed by atoms with Gasteiger partial charge in [0.15, 0.2) is 0 Å². The summed E-state index contributed by atoms with van der Waals surface area (Å²) in [6.07, 6.45) is 0. The normalized spacial score (nSPS) is 10.5. The summed E-state index contributed by atoms with van der Waals surface area (Å²) in [5.41, 5.74) is 6.41.